The molecule has 1 rings (SSSR count). The van der Waals surface area contributed by atoms with Crippen LogP contribution in [0.4, 0.5) is 0 Å². The molecule has 5 nitrogen and oxygen atoms in total. The van der Waals surface area contributed by atoms with Gasteiger partial charge in [-0.15, -0.1) is 24.0 Å². The Kier molecular flexibility index (Phi) is 13.7. The number of aryl methyl sites for hydroxylation is 1. The SMILES string of the molecule is CCCCOCCCNC(=NC)NCc1ccc(C)cc1OC.I. The van der Waals surface area contributed by atoms with Gasteiger partial charge in [0.1, 0.15) is 5.75 Å². The zero-order valence-electron chi connectivity index (χ0n) is 15.4. The Morgan fingerprint density at radius 2 is 1.92 bits per heavy atom. The molecule has 1 aromatic rings. The normalized spacial score (nSPS) is 10.9. The van der Waals surface area contributed by atoms with Crippen molar-refractivity contribution in [1.29, 1.82) is 0 Å². The van der Waals surface area contributed by atoms with Crippen molar-refractivity contribution in [3.05, 3.63) is 29.3 Å². The summed E-state index contributed by atoms with van der Waals surface area (Å²) < 4.78 is 11.0. The van der Waals surface area contributed by atoms with Crippen molar-refractivity contribution in [2.45, 2.75) is 39.7 Å². The third-order valence-corrected chi connectivity index (χ3v) is 3.51. The van der Waals surface area contributed by atoms with E-state index in [1.165, 1.54) is 12.0 Å². The number of ether oxygens (including phenoxy) is 2. The maximum Gasteiger partial charge on any atom is 0.191 e. The quantitative estimate of drug-likeness (QED) is 0.249. The van der Waals surface area contributed by atoms with Crippen LogP contribution in [0.3, 0.4) is 0 Å². The smallest absolute Gasteiger partial charge is 0.191 e. The summed E-state index contributed by atoms with van der Waals surface area (Å²) in [5.74, 6) is 1.69. The molecule has 24 heavy (non-hydrogen) atoms. The molecule has 0 aliphatic rings. The van der Waals surface area contributed by atoms with Gasteiger partial charge in [-0.25, -0.2) is 0 Å². The van der Waals surface area contributed by atoms with Crippen LogP contribution in [-0.2, 0) is 11.3 Å². The van der Waals surface area contributed by atoms with E-state index in [2.05, 4.69) is 41.6 Å². The molecule has 6 heteroatoms. The predicted molar refractivity (Wildman–Crippen MR) is 112 cm³/mol. The molecule has 0 radical (unpaired) electrons. The van der Waals surface area contributed by atoms with Gasteiger partial charge in [0.15, 0.2) is 5.96 Å². The number of rotatable bonds is 10. The fraction of sp³-hybridized carbons (Fsp3) is 0.611. The maximum absolute atomic E-state index is 5.54. The van der Waals surface area contributed by atoms with Crippen molar-refractivity contribution < 1.29 is 9.47 Å². The Morgan fingerprint density at radius 1 is 1.17 bits per heavy atom. The molecular formula is C18H32IN3O2. The first-order chi connectivity index (χ1) is 11.2. The number of hydrogen-bond acceptors (Lipinski definition) is 3. The highest BCUT2D eigenvalue weighted by Gasteiger charge is 2.04. The molecule has 0 heterocycles. The zero-order chi connectivity index (χ0) is 16.9. The summed E-state index contributed by atoms with van der Waals surface area (Å²) in [6, 6.07) is 6.21. The molecule has 0 bridgehead atoms. The van der Waals surface area contributed by atoms with Gasteiger partial charge in [-0.05, 0) is 31.4 Å². The zero-order valence-corrected chi connectivity index (χ0v) is 17.7. The second-order valence-corrected chi connectivity index (χ2v) is 5.49. The van der Waals surface area contributed by atoms with E-state index >= 15 is 0 Å². The van der Waals surface area contributed by atoms with E-state index in [-0.39, 0.29) is 24.0 Å². The van der Waals surface area contributed by atoms with Crippen LogP contribution >= 0.6 is 24.0 Å². The number of nitrogens with zero attached hydrogens (tertiary/aromatic N) is 1. The Bertz CT molecular complexity index is 481. The van der Waals surface area contributed by atoms with Crippen LogP contribution in [-0.4, -0.2) is 39.9 Å². The molecule has 0 aliphatic heterocycles. The second kappa shape index (κ2) is 14.3. The molecule has 0 saturated heterocycles. The highest BCUT2D eigenvalue weighted by molar-refractivity contribution is 14.0. The first kappa shape index (κ1) is 23.0. The molecule has 0 saturated carbocycles. The number of methoxy groups -OCH3 is 1. The van der Waals surface area contributed by atoms with Crippen molar-refractivity contribution in [3.8, 4) is 5.75 Å². The van der Waals surface area contributed by atoms with Gasteiger partial charge in [0.2, 0.25) is 0 Å². The number of halogens is 1. The number of benzene rings is 1. The Balaban J connectivity index is 0.00000529. The summed E-state index contributed by atoms with van der Waals surface area (Å²) in [5, 5.41) is 6.61. The summed E-state index contributed by atoms with van der Waals surface area (Å²) in [7, 11) is 3.48. The van der Waals surface area contributed by atoms with E-state index < -0.39 is 0 Å². The number of hydrogen-bond donors (Lipinski definition) is 2. The first-order valence-electron chi connectivity index (χ1n) is 8.37. The molecule has 2 N–H and O–H groups in total. The number of aliphatic imine (C=N–C) groups is 1. The van der Waals surface area contributed by atoms with Gasteiger partial charge >= 0.3 is 0 Å². The van der Waals surface area contributed by atoms with Crippen LogP contribution in [0.1, 0.15) is 37.3 Å². The fourth-order valence-corrected chi connectivity index (χ4v) is 2.13. The van der Waals surface area contributed by atoms with E-state index in [1.54, 1.807) is 14.2 Å². The van der Waals surface area contributed by atoms with Gasteiger partial charge in [0.05, 0.1) is 7.11 Å². The predicted octanol–water partition coefficient (Wildman–Crippen LogP) is 3.49. The van der Waals surface area contributed by atoms with Gasteiger partial charge in [0, 0.05) is 38.9 Å². The minimum Gasteiger partial charge on any atom is -0.496 e. The standard InChI is InChI=1S/C18H31N3O2.HI/c1-5-6-11-23-12-7-10-20-18(19-3)21-14-16-9-8-15(2)13-17(16)22-4;/h8-9,13H,5-7,10-12,14H2,1-4H3,(H2,19,20,21);1H. The van der Waals surface area contributed by atoms with Gasteiger partial charge in [-0.2, -0.15) is 0 Å². The van der Waals surface area contributed by atoms with Crippen molar-refractivity contribution in [1.82, 2.24) is 10.6 Å². The molecule has 0 atom stereocenters. The largest absolute Gasteiger partial charge is 0.496 e. The third-order valence-electron chi connectivity index (χ3n) is 3.51. The van der Waals surface area contributed by atoms with Crippen LogP contribution in [0.5, 0.6) is 5.75 Å². The van der Waals surface area contributed by atoms with Gasteiger partial charge in [0.25, 0.3) is 0 Å². The summed E-state index contributed by atoms with van der Waals surface area (Å²) in [6.45, 7) is 7.39. The Hall–Kier alpha value is -1.02. The lowest BCUT2D eigenvalue weighted by atomic mass is 10.1. The minimum absolute atomic E-state index is 0. The van der Waals surface area contributed by atoms with Crippen molar-refractivity contribution >= 4 is 29.9 Å². The topological polar surface area (TPSA) is 54.9 Å². The van der Waals surface area contributed by atoms with Crippen LogP contribution in [0.15, 0.2) is 23.2 Å². The van der Waals surface area contributed by atoms with Gasteiger partial charge < -0.3 is 20.1 Å². The summed E-state index contributed by atoms with van der Waals surface area (Å²) in [4.78, 5) is 4.24. The van der Waals surface area contributed by atoms with Crippen molar-refractivity contribution in [3.63, 3.8) is 0 Å². The van der Waals surface area contributed by atoms with E-state index in [1.807, 2.05) is 6.07 Å². The van der Waals surface area contributed by atoms with Crippen LogP contribution in [0.25, 0.3) is 0 Å². The monoisotopic (exact) mass is 449 g/mol. The molecule has 0 amide bonds. The average Bonchev–Trinajstić information content (AvgIpc) is 2.57. The lowest BCUT2D eigenvalue weighted by Gasteiger charge is -2.14. The van der Waals surface area contributed by atoms with E-state index in [0.29, 0.717) is 6.54 Å². The van der Waals surface area contributed by atoms with Crippen LogP contribution < -0.4 is 15.4 Å². The minimum atomic E-state index is 0. The lowest BCUT2D eigenvalue weighted by Crippen LogP contribution is -2.37. The first-order valence-corrected chi connectivity index (χ1v) is 8.37. The molecule has 0 fully saturated rings. The number of unbranched alkanes of at least 4 members (excludes halogenated alkanes) is 1. The van der Waals surface area contributed by atoms with Gasteiger partial charge in [-0.1, -0.05) is 25.5 Å². The Labute approximate surface area is 163 Å². The number of nitrogens with one attached hydrogen (secondary N) is 2. The molecule has 0 unspecified atom stereocenters. The average molecular weight is 449 g/mol. The molecular weight excluding hydrogens is 417 g/mol. The fourth-order valence-electron chi connectivity index (χ4n) is 2.13. The second-order valence-electron chi connectivity index (χ2n) is 5.49. The van der Waals surface area contributed by atoms with E-state index in [0.717, 1.165) is 49.9 Å². The molecule has 0 spiro atoms. The van der Waals surface area contributed by atoms with Gasteiger partial charge in [-0.3, -0.25) is 4.99 Å². The summed E-state index contributed by atoms with van der Waals surface area (Å²) in [5.41, 5.74) is 2.31. The van der Waals surface area contributed by atoms with E-state index in [4.69, 9.17) is 9.47 Å². The summed E-state index contributed by atoms with van der Waals surface area (Å²) in [6.07, 6.45) is 3.28. The molecule has 0 aromatic heterocycles. The highest BCUT2D eigenvalue weighted by atomic mass is 127. The summed E-state index contributed by atoms with van der Waals surface area (Å²) >= 11 is 0. The van der Waals surface area contributed by atoms with Crippen LogP contribution in [0.2, 0.25) is 0 Å². The third kappa shape index (κ3) is 9.32. The van der Waals surface area contributed by atoms with Crippen LogP contribution in [0, 0.1) is 6.92 Å². The van der Waals surface area contributed by atoms with Crippen molar-refractivity contribution in [2.24, 2.45) is 4.99 Å². The lowest BCUT2D eigenvalue weighted by molar-refractivity contribution is 0.129. The van der Waals surface area contributed by atoms with E-state index in [9.17, 15) is 0 Å². The molecule has 138 valence electrons. The molecule has 0 aliphatic carbocycles. The Morgan fingerprint density at radius 3 is 2.58 bits per heavy atom. The van der Waals surface area contributed by atoms with Crippen molar-refractivity contribution in [2.75, 3.05) is 33.9 Å². The maximum atomic E-state index is 5.54. The highest BCUT2D eigenvalue weighted by Crippen LogP contribution is 2.19. The molecule has 1 aromatic carbocycles. The number of guanidine groups is 1.